The summed E-state index contributed by atoms with van der Waals surface area (Å²) in [6.45, 7) is 0. The first kappa shape index (κ1) is 12.2. The number of aliphatic carboxylic acids is 1. The monoisotopic (exact) mass is 240 g/mol. The average molecular weight is 240 g/mol. The van der Waals surface area contributed by atoms with Crippen molar-refractivity contribution in [2.45, 2.75) is 4.90 Å². The van der Waals surface area contributed by atoms with Crippen molar-refractivity contribution in [3.05, 3.63) is 33.9 Å². The number of rotatable bonds is 5. The number of hydrogen-bond donors (Lipinski definition) is 0. The number of carbonyl (C=O) groups excluding carboxylic acids is 2. The molecule has 1 aromatic carbocycles. The zero-order valence-corrected chi connectivity index (χ0v) is 8.73. The zero-order chi connectivity index (χ0) is 12.1. The maximum atomic E-state index is 10.6. The number of nitrogens with zero attached hydrogens (tertiary/aromatic N) is 1. The average Bonchev–Trinajstić information content (AvgIpc) is 2.25. The van der Waals surface area contributed by atoms with E-state index >= 15 is 0 Å². The Morgan fingerprint density at radius 3 is 2.69 bits per heavy atom. The van der Waals surface area contributed by atoms with E-state index in [1.165, 1.54) is 12.1 Å². The Kier molecular flexibility index (Phi) is 4.01. The van der Waals surface area contributed by atoms with Crippen LogP contribution in [0, 0.1) is 10.1 Å². The molecule has 7 heteroatoms. The Balaban J connectivity index is 3.03. The largest absolute Gasteiger partial charge is 0.549 e. The van der Waals surface area contributed by atoms with Crippen LogP contribution >= 0.6 is 11.8 Å². The fourth-order valence-corrected chi connectivity index (χ4v) is 1.73. The van der Waals surface area contributed by atoms with Gasteiger partial charge in [0.25, 0.3) is 5.69 Å². The van der Waals surface area contributed by atoms with Gasteiger partial charge in [0.2, 0.25) is 0 Å². The van der Waals surface area contributed by atoms with E-state index in [1.807, 2.05) is 0 Å². The Morgan fingerprint density at radius 1 is 1.50 bits per heavy atom. The molecule has 0 saturated carbocycles. The molecule has 0 aliphatic carbocycles. The molecule has 1 rings (SSSR count). The van der Waals surface area contributed by atoms with E-state index in [9.17, 15) is 24.8 Å². The molecular weight excluding hydrogens is 234 g/mol. The van der Waals surface area contributed by atoms with E-state index in [1.54, 1.807) is 0 Å². The lowest BCUT2D eigenvalue weighted by Gasteiger charge is -2.03. The van der Waals surface area contributed by atoms with Crippen molar-refractivity contribution in [2.75, 3.05) is 5.75 Å². The van der Waals surface area contributed by atoms with Gasteiger partial charge in [0.05, 0.1) is 15.8 Å². The number of carboxylic acid groups (broad SMARTS) is 1. The van der Waals surface area contributed by atoms with Gasteiger partial charge in [0.15, 0.2) is 0 Å². The fraction of sp³-hybridized carbons (Fsp3) is 0.111. The number of nitro benzene ring substituents is 1. The van der Waals surface area contributed by atoms with Crippen LogP contribution in [0.3, 0.4) is 0 Å². The van der Waals surface area contributed by atoms with Crippen LogP contribution in [0.15, 0.2) is 23.1 Å². The molecule has 0 aliphatic heterocycles. The zero-order valence-electron chi connectivity index (χ0n) is 7.91. The molecule has 0 fully saturated rings. The van der Waals surface area contributed by atoms with Gasteiger partial charge in [0, 0.05) is 17.4 Å². The molecule has 0 spiro atoms. The molecule has 0 aromatic heterocycles. The highest BCUT2D eigenvalue weighted by molar-refractivity contribution is 8.00. The van der Waals surface area contributed by atoms with Crippen molar-refractivity contribution in [3.63, 3.8) is 0 Å². The molecule has 84 valence electrons. The highest BCUT2D eigenvalue weighted by Gasteiger charge is 2.14. The van der Waals surface area contributed by atoms with Crippen LogP contribution in [0.2, 0.25) is 0 Å². The van der Waals surface area contributed by atoms with Gasteiger partial charge in [-0.05, 0) is 6.07 Å². The maximum absolute atomic E-state index is 10.6. The third-order valence-corrected chi connectivity index (χ3v) is 2.70. The first-order valence-corrected chi connectivity index (χ1v) is 5.09. The smallest absolute Gasteiger partial charge is 0.283 e. The predicted octanol–water partition coefficient (Wildman–Crippen LogP) is 0.249. The number of thioether (sulfide) groups is 1. The van der Waals surface area contributed by atoms with Crippen LogP contribution in [0.1, 0.15) is 10.4 Å². The van der Waals surface area contributed by atoms with Crippen molar-refractivity contribution in [1.29, 1.82) is 0 Å². The van der Waals surface area contributed by atoms with Gasteiger partial charge >= 0.3 is 0 Å². The molecule has 1 aromatic rings. The van der Waals surface area contributed by atoms with Crippen LogP contribution in [0.5, 0.6) is 0 Å². The minimum absolute atomic E-state index is 0.171. The highest BCUT2D eigenvalue weighted by Crippen LogP contribution is 2.29. The minimum Gasteiger partial charge on any atom is -0.549 e. The van der Waals surface area contributed by atoms with Gasteiger partial charge in [-0.3, -0.25) is 14.9 Å². The SMILES string of the molecule is O=Cc1ccc(SCC(=O)[O-])c([N+](=O)[O-])c1. The summed E-state index contributed by atoms with van der Waals surface area (Å²) in [5.41, 5.74) is -0.111. The Morgan fingerprint density at radius 2 is 2.19 bits per heavy atom. The molecule has 0 heterocycles. The molecular formula is C9H6NO5S-. The summed E-state index contributed by atoms with van der Waals surface area (Å²) in [5, 5.41) is 20.9. The second-order valence-corrected chi connectivity index (χ2v) is 3.78. The lowest BCUT2D eigenvalue weighted by molar-refractivity contribution is -0.387. The number of hydrogen-bond acceptors (Lipinski definition) is 6. The van der Waals surface area contributed by atoms with Crippen LogP contribution in [-0.2, 0) is 4.79 Å². The molecule has 0 aliphatic rings. The van der Waals surface area contributed by atoms with Crippen molar-refractivity contribution < 1.29 is 19.6 Å². The third-order valence-electron chi connectivity index (χ3n) is 1.66. The predicted molar refractivity (Wildman–Crippen MR) is 54.2 cm³/mol. The summed E-state index contributed by atoms with van der Waals surface area (Å²) in [7, 11) is 0. The van der Waals surface area contributed by atoms with E-state index in [2.05, 4.69) is 0 Å². The topological polar surface area (TPSA) is 100 Å². The van der Waals surface area contributed by atoms with Gasteiger partial charge in [-0.15, -0.1) is 11.8 Å². The summed E-state index contributed by atoms with van der Waals surface area (Å²) in [5.74, 6) is -1.68. The quantitative estimate of drug-likeness (QED) is 0.316. The number of benzene rings is 1. The first-order valence-electron chi connectivity index (χ1n) is 4.11. The van der Waals surface area contributed by atoms with E-state index in [0.29, 0.717) is 6.29 Å². The van der Waals surface area contributed by atoms with E-state index < -0.39 is 10.9 Å². The summed E-state index contributed by atoms with van der Waals surface area (Å²) in [6.07, 6.45) is 0.486. The Hall–Kier alpha value is -1.89. The van der Waals surface area contributed by atoms with E-state index in [4.69, 9.17) is 0 Å². The maximum Gasteiger partial charge on any atom is 0.283 e. The Bertz CT molecular complexity index is 446. The number of carbonyl (C=O) groups is 2. The summed E-state index contributed by atoms with van der Waals surface area (Å²) in [6, 6.07) is 3.83. The van der Waals surface area contributed by atoms with Gasteiger partial charge in [0.1, 0.15) is 6.29 Å². The Labute approximate surface area is 94.4 Å². The van der Waals surface area contributed by atoms with Crippen LogP contribution in [0.25, 0.3) is 0 Å². The molecule has 16 heavy (non-hydrogen) atoms. The van der Waals surface area contributed by atoms with Crippen molar-refractivity contribution in [2.24, 2.45) is 0 Å². The molecule has 0 amide bonds. The van der Waals surface area contributed by atoms with Gasteiger partial charge in [-0.25, -0.2) is 0 Å². The summed E-state index contributed by atoms with van der Waals surface area (Å²) in [4.78, 5) is 30.8. The van der Waals surface area contributed by atoms with Crippen LogP contribution in [0.4, 0.5) is 5.69 Å². The van der Waals surface area contributed by atoms with Crippen molar-refractivity contribution >= 4 is 29.7 Å². The van der Waals surface area contributed by atoms with Crippen molar-refractivity contribution in [1.82, 2.24) is 0 Å². The first-order chi connectivity index (χ1) is 7.54. The van der Waals surface area contributed by atoms with Crippen LogP contribution < -0.4 is 5.11 Å². The van der Waals surface area contributed by atoms with E-state index in [0.717, 1.165) is 17.8 Å². The molecule has 0 saturated heterocycles. The molecule has 0 bridgehead atoms. The molecule has 0 unspecified atom stereocenters. The molecule has 0 atom stereocenters. The number of carboxylic acids is 1. The molecule has 6 nitrogen and oxygen atoms in total. The minimum atomic E-state index is -1.31. The third kappa shape index (κ3) is 3.06. The van der Waals surface area contributed by atoms with Gasteiger partial charge in [-0.2, -0.15) is 0 Å². The normalized spacial score (nSPS) is 9.75. The lowest BCUT2D eigenvalue weighted by atomic mass is 10.2. The summed E-state index contributed by atoms with van der Waals surface area (Å²) < 4.78 is 0. The number of aldehydes is 1. The number of nitro groups is 1. The van der Waals surface area contributed by atoms with Gasteiger partial charge < -0.3 is 9.90 Å². The van der Waals surface area contributed by atoms with Crippen molar-refractivity contribution in [3.8, 4) is 0 Å². The molecule has 0 radical (unpaired) electrons. The van der Waals surface area contributed by atoms with Crippen LogP contribution in [-0.4, -0.2) is 22.9 Å². The highest BCUT2D eigenvalue weighted by atomic mass is 32.2. The second-order valence-electron chi connectivity index (χ2n) is 2.76. The lowest BCUT2D eigenvalue weighted by Crippen LogP contribution is -2.24. The second kappa shape index (κ2) is 5.26. The standard InChI is InChI=1S/C9H7NO5S/c11-4-6-1-2-8(16-5-9(12)13)7(3-6)10(14)15/h1-4H,5H2,(H,12,13)/p-1. The van der Waals surface area contributed by atoms with E-state index in [-0.39, 0.29) is 21.9 Å². The fourth-order valence-electron chi connectivity index (χ4n) is 1.01. The van der Waals surface area contributed by atoms with Gasteiger partial charge in [-0.1, -0.05) is 6.07 Å². The molecule has 0 N–H and O–H groups in total. The summed E-state index contributed by atoms with van der Waals surface area (Å²) >= 11 is 0.783.